The number of hydrogen-bond donors (Lipinski definition) is 1. The second kappa shape index (κ2) is 10.1. The molecular formula is C15H31NO4. The summed E-state index contributed by atoms with van der Waals surface area (Å²) in [5.74, 6) is -0.227. The van der Waals surface area contributed by atoms with Gasteiger partial charge >= 0.3 is 5.97 Å². The summed E-state index contributed by atoms with van der Waals surface area (Å²) >= 11 is 0. The van der Waals surface area contributed by atoms with Crippen molar-refractivity contribution in [1.29, 1.82) is 0 Å². The third kappa shape index (κ3) is 7.82. The van der Waals surface area contributed by atoms with Crippen molar-refractivity contribution in [2.45, 2.75) is 65.6 Å². The molecule has 1 N–H and O–H groups in total. The summed E-state index contributed by atoms with van der Waals surface area (Å²) in [5.41, 5.74) is -0.713. The second-order valence-electron chi connectivity index (χ2n) is 5.44. The van der Waals surface area contributed by atoms with Crippen molar-refractivity contribution in [3.05, 3.63) is 0 Å². The summed E-state index contributed by atoms with van der Waals surface area (Å²) in [5, 5.41) is 3.27. The zero-order valence-electron chi connectivity index (χ0n) is 13.8. The van der Waals surface area contributed by atoms with Crippen LogP contribution in [0.4, 0.5) is 0 Å². The molecule has 0 bridgehead atoms. The number of nitrogens with one attached hydrogen (secondary N) is 1. The summed E-state index contributed by atoms with van der Waals surface area (Å²) in [6, 6.07) is 0.199. The monoisotopic (exact) mass is 289 g/mol. The van der Waals surface area contributed by atoms with E-state index in [0.717, 1.165) is 0 Å². The fourth-order valence-electron chi connectivity index (χ4n) is 1.96. The van der Waals surface area contributed by atoms with Crippen molar-refractivity contribution < 1.29 is 19.0 Å². The summed E-state index contributed by atoms with van der Waals surface area (Å²) < 4.78 is 16.1. The summed E-state index contributed by atoms with van der Waals surface area (Å²) in [4.78, 5) is 12.1. The Morgan fingerprint density at radius 3 is 2.35 bits per heavy atom. The van der Waals surface area contributed by atoms with Gasteiger partial charge in [0.15, 0.2) is 0 Å². The van der Waals surface area contributed by atoms with Crippen LogP contribution in [0.5, 0.6) is 0 Å². The molecule has 0 radical (unpaired) electrons. The van der Waals surface area contributed by atoms with E-state index < -0.39 is 5.54 Å². The number of carbonyl (C=O) groups is 1. The third-order valence-electron chi connectivity index (χ3n) is 2.89. The molecule has 0 heterocycles. The molecule has 2 atom stereocenters. The molecule has 5 nitrogen and oxygen atoms in total. The largest absolute Gasteiger partial charge is 0.465 e. The van der Waals surface area contributed by atoms with E-state index in [2.05, 4.69) is 5.32 Å². The van der Waals surface area contributed by atoms with Crippen molar-refractivity contribution in [2.75, 3.05) is 26.4 Å². The first-order valence-corrected chi connectivity index (χ1v) is 7.50. The maximum absolute atomic E-state index is 12.1. The van der Waals surface area contributed by atoms with Crippen molar-refractivity contribution in [2.24, 2.45) is 0 Å². The highest BCUT2D eigenvalue weighted by Crippen LogP contribution is 2.14. The van der Waals surface area contributed by atoms with Gasteiger partial charge in [-0.15, -0.1) is 0 Å². The standard InChI is InChI=1S/C15H31NO4/c1-7-18-11-13(5)20-10-9-15(6,16-12(3)4)14(17)19-8-2/h12-13,16H,7-11H2,1-6H3. The first kappa shape index (κ1) is 19.4. The van der Waals surface area contributed by atoms with Crippen LogP contribution < -0.4 is 5.32 Å². The number of esters is 1. The Bertz CT molecular complexity index is 271. The first-order valence-electron chi connectivity index (χ1n) is 7.50. The van der Waals surface area contributed by atoms with Crippen LogP contribution in [0.3, 0.4) is 0 Å². The molecule has 0 aliphatic rings. The highest BCUT2D eigenvalue weighted by molar-refractivity contribution is 5.80. The Hall–Kier alpha value is -0.650. The minimum Gasteiger partial charge on any atom is -0.465 e. The van der Waals surface area contributed by atoms with Crippen molar-refractivity contribution >= 4 is 5.97 Å². The predicted octanol–water partition coefficient (Wildman–Crippen LogP) is 2.14. The van der Waals surface area contributed by atoms with Gasteiger partial charge in [0.25, 0.3) is 0 Å². The van der Waals surface area contributed by atoms with Gasteiger partial charge in [0.1, 0.15) is 5.54 Å². The molecular weight excluding hydrogens is 258 g/mol. The molecule has 5 heteroatoms. The third-order valence-corrected chi connectivity index (χ3v) is 2.89. The minimum absolute atomic E-state index is 0.0282. The van der Waals surface area contributed by atoms with E-state index in [4.69, 9.17) is 14.2 Å². The minimum atomic E-state index is -0.713. The Morgan fingerprint density at radius 1 is 1.20 bits per heavy atom. The number of rotatable bonds is 11. The van der Waals surface area contributed by atoms with Gasteiger partial charge in [0.2, 0.25) is 0 Å². The lowest BCUT2D eigenvalue weighted by Crippen LogP contribution is -2.54. The van der Waals surface area contributed by atoms with E-state index in [1.165, 1.54) is 0 Å². The molecule has 0 aliphatic heterocycles. The summed E-state index contributed by atoms with van der Waals surface area (Å²) in [6.45, 7) is 13.7. The lowest BCUT2D eigenvalue weighted by Gasteiger charge is -2.31. The SMILES string of the molecule is CCOCC(C)OCCC(C)(NC(C)C)C(=O)OCC. The Kier molecular flexibility index (Phi) is 9.80. The van der Waals surface area contributed by atoms with E-state index in [1.807, 2.05) is 41.5 Å². The van der Waals surface area contributed by atoms with Gasteiger partial charge in [-0.1, -0.05) is 0 Å². The summed E-state index contributed by atoms with van der Waals surface area (Å²) in [7, 11) is 0. The molecule has 0 amide bonds. The topological polar surface area (TPSA) is 56.8 Å². The zero-order chi connectivity index (χ0) is 15.6. The molecule has 0 rings (SSSR count). The first-order chi connectivity index (χ1) is 9.35. The zero-order valence-corrected chi connectivity index (χ0v) is 13.8. The van der Waals surface area contributed by atoms with E-state index in [9.17, 15) is 4.79 Å². The van der Waals surface area contributed by atoms with Crippen LogP contribution in [0.2, 0.25) is 0 Å². The van der Waals surface area contributed by atoms with E-state index >= 15 is 0 Å². The van der Waals surface area contributed by atoms with Crippen LogP contribution in [0.25, 0.3) is 0 Å². The van der Waals surface area contributed by atoms with E-state index in [1.54, 1.807) is 0 Å². The van der Waals surface area contributed by atoms with E-state index in [0.29, 0.717) is 32.8 Å². The number of carbonyl (C=O) groups excluding carboxylic acids is 1. The molecule has 0 saturated heterocycles. The maximum Gasteiger partial charge on any atom is 0.326 e. The maximum atomic E-state index is 12.1. The van der Waals surface area contributed by atoms with Crippen LogP contribution in [-0.2, 0) is 19.0 Å². The molecule has 0 saturated carbocycles. The normalized spacial score (nSPS) is 15.9. The Labute approximate surface area is 123 Å². The van der Waals surface area contributed by atoms with Crippen LogP contribution in [0.15, 0.2) is 0 Å². The lowest BCUT2D eigenvalue weighted by molar-refractivity contribution is -0.152. The second-order valence-corrected chi connectivity index (χ2v) is 5.44. The molecule has 0 aromatic rings. The fraction of sp³-hybridized carbons (Fsp3) is 0.933. The molecule has 2 unspecified atom stereocenters. The molecule has 0 fully saturated rings. The highest BCUT2D eigenvalue weighted by Gasteiger charge is 2.34. The average molecular weight is 289 g/mol. The van der Waals surface area contributed by atoms with Gasteiger partial charge < -0.3 is 14.2 Å². The van der Waals surface area contributed by atoms with Crippen molar-refractivity contribution in [1.82, 2.24) is 5.32 Å². The van der Waals surface area contributed by atoms with Crippen molar-refractivity contribution in [3.8, 4) is 0 Å². The van der Waals surface area contributed by atoms with Gasteiger partial charge in [-0.05, 0) is 48.0 Å². The average Bonchev–Trinajstić information content (AvgIpc) is 2.35. The highest BCUT2D eigenvalue weighted by atomic mass is 16.5. The molecule has 0 aromatic heterocycles. The smallest absolute Gasteiger partial charge is 0.326 e. The number of ether oxygens (including phenoxy) is 3. The molecule has 0 spiro atoms. The van der Waals surface area contributed by atoms with Gasteiger partial charge in [-0.2, -0.15) is 0 Å². The quantitative estimate of drug-likeness (QED) is 0.591. The Balaban J connectivity index is 4.32. The summed E-state index contributed by atoms with van der Waals surface area (Å²) in [6.07, 6.45) is 0.598. The van der Waals surface area contributed by atoms with Gasteiger partial charge in [-0.25, -0.2) is 0 Å². The number of hydrogen-bond acceptors (Lipinski definition) is 5. The van der Waals surface area contributed by atoms with Crippen LogP contribution in [0.1, 0.15) is 48.0 Å². The van der Waals surface area contributed by atoms with Crippen molar-refractivity contribution in [3.63, 3.8) is 0 Å². The van der Waals surface area contributed by atoms with Crippen LogP contribution in [-0.4, -0.2) is 50.1 Å². The molecule has 0 aliphatic carbocycles. The van der Waals surface area contributed by atoms with Crippen LogP contribution in [0, 0.1) is 0 Å². The fourth-order valence-corrected chi connectivity index (χ4v) is 1.96. The molecule has 120 valence electrons. The lowest BCUT2D eigenvalue weighted by atomic mass is 9.97. The Morgan fingerprint density at radius 2 is 1.85 bits per heavy atom. The predicted molar refractivity (Wildman–Crippen MR) is 79.8 cm³/mol. The van der Waals surface area contributed by atoms with Gasteiger partial charge in [-0.3, -0.25) is 10.1 Å². The molecule has 0 aromatic carbocycles. The van der Waals surface area contributed by atoms with E-state index in [-0.39, 0.29) is 18.1 Å². The molecule has 20 heavy (non-hydrogen) atoms. The van der Waals surface area contributed by atoms with Gasteiger partial charge in [0, 0.05) is 19.3 Å². The van der Waals surface area contributed by atoms with Gasteiger partial charge in [0.05, 0.1) is 19.3 Å². The van der Waals surface area contributed by atoms with Crippen LogP contribution >= 0.6 is 0 Å².